The van der Waals surface area contributed by atoms with Gasteiger partial charge in [0.15, 0.2) is 11.5 Å². The molecule has 1 heterocycles. The minimum absolute atomic E-state index is 0.0322. The van der Waals surface area contributed by atoms with Crippen molar-refractivity contribution in [3.05, 3.63) is 48.0 Å². The van der Waals surface area contributed by atoms with Crippen LogP contribution in [-0.4, -0.2) is 40.8 Å². The molecule has 0 unspecified atom stereocenters. The highest BCUT2D eigenvalue weighted by molar-refractivity contribution is 5.84. The molecule has 3 rings (SSSR count). The molecule has 8 heteroatoms. The Labute approximate surface area is 150 Å². The van der Waals surface area contributed by atoms with Crippen molar-refractivity contribution in [2.75, 3.05) is 13.7 Å². The van der Waals surface area contributed by atoms with E-state index in [1.54, 1.807) is 19.2 Å². The Hall–Kier alpha value is -3.42. The summed E-state index contributed by atoms with van der Waals surface area (Å²) in [6.07, 6.45) is 1.54. The molecule has 1 amide bonds. The molecular weight excluding hydrogens is 334 g/mol. The number of aromatic nitrogens is 3. The minimum Gasteiger partial charge on any atom is -0.493 e. The summed E-state index contributed by atoms with van der Waals surface area (Å²) in [5.41, 5.74) is 4.79. The van der Waals surface area contributed by atoms with E-state index in [0.717, 1.165) is 16.6 Å². The van der Waals surface area contributed by atoms with Gasteiger partial charge < -0.3 is 9.47 Å². The molecule has 0 fully saturated rings. The maximum Gasteiger partial charge on any atom is 0.261 e. The summed E-state index contributed by atoms with van der Waals surface area (Å²) in [4.78, 5) is 12.0. The van der Waals surface area contributed by atoms with Gasteiger partial charge in [0.25, 0.3) is 5.91 Å². The van der Waals surface area contributed by atoms with Gasteiger partial charge in [0, 0.05) is 0 Å². The summed E-state index contributed by atoms with van der Waals surface area (Å²) >= 11 is 0. The number of carbonyl (C=O) groups excluding carboxylic acids is 1. The predicted molar refractivity (Wildman–Crippen MR) is 97.4 cm³/mol. The number of amides is 1. The number of hydrazone groups is 1. The highest BCUT2D eigenvalue weighted by Crippen LogP contribution is 2.27. The van der Waals surface area contributed by atoms with E-state index in [-0.39, 0.29) is 12.5 Å². The van der Waals surface area contributed by atoms with E-state index in [1.807, 2.05) is 37.3 Å². The van der Waals surface area contributed by atoms with Crippen molar-refractivity contribution in [3.8, 4) is 11.5 Å². The van der Waals surface area contributed by atoms with Crippen LogP contribution in [0, 0.1) is 0 Å². The van der Waals surface area contributed by atoms with E-state index in [1.165, 1.54) is 10.9 Å². The number of fused-ring (bicyclic) bond motifs is 1. The number of nitrogens with one attached hydrogen (secondary N) is 1. The lowest BCUT2D eigenvalue weighted by molar-refractivity contribution is -0.121. The molecule has 1 N–H and O–H groups in total. The van der Waals surface area contributed by atoms with Crippen LogP contribution in [0.4, 0.5) is 0 Å². The Morgan fingerprint density at radius 3 is 2.92 bits per heavy atom. The Morgan fingerprint density at radius 2 is 2.12 bits per heavy atom. The minimum atomic E-state index is -0.296. The molecule has 8 nitrogen and oxygen atoms in total. The number of nitrogens with zero attached hydrogens (tertiary/aromatic N) is 4. The first-order chi connectivity index (χ1) is 12.7. The Bertz CT molecular complexity index is 935. The van der Waals surface area contributed by atoms with Gasteiger partial charge in [-0.25, -0.2) is 10.1 Å². The van der Waals surface area contributed by atoms with Crippen molar-refractivity contribution in [2.45, 2.75) is 13.5 Å². The van der Waals surface area contributed by atoms with Crippen LogP contribution in [0.15, 0.2) is 47.6 Å². The summed E-state index contributed by atoms with van der Waals surface area (Å²) in [5, 5.41) is 12.0. The van der Waals surface area contributed by atoms with Gasteiger partial charge in [-0.1, -0.05) is 17.3 Å². The molecule has 26 heavy (non-hydrogen) atoms. The Morgan fingerprint density at radius 1 is 1.27 bits per heavy atom. The van der Waals surface area contributed by atoms with Gasteiger partial charge in [0.2, 0.25) is 0 Å². The van der Waals surface area contributed by atoms with Gasteiger partial charge in [-0.05, 0) is 42.8 Å². The SMILES string of the molecule is CCOc1ccc(/C=N/NC(=O)Cn2nnc3ccccc32)cc1OC. The van der Waals surface area contributed by atoms with E-state index in [4.69, 9.17) is 9.47 Å². The average molecular weight is 353 g/mol. The third-order valence-corrected chi connectivity index (χ3v) is 3.60. The molecule has 0 bridgehead atoms. The first-order valence-corrected chi connectivity index (χ1v) is 8.12. The lowest BCUT2D eigenvalue weighted by Gasteiger charge is -2.09. The second-order valence-electron chi connectivity index (χ2n) is 5.37. The zero-order chi connectivity index (χ0) is 18.4. The van der Waals surface area contributed by atoms with Crippen molar-refractivity contribution < 1.29 is 14.3 Å². The van der Waals surface area contributed by atoms with Crippen LogP contribution in [0.2, 0.25) is 0 Å². The van der Waals surface area contributed by atoms with Crippen LogP contribution < -0.4 is 14.9 Å². The summed E-state index contributed by atoms with van der Waals surface area (Å²) in [7, 11) is 1.57. The fourth-order valence-corrected chi connectivity index (χ4v) is 2.42. The van der Waals surface area contributed by atoms with E-state index >= 15 is 0 Å². The highest BCUT2D eigenvalue weighted by atomic mass is 16.5. The van der Waals surface area contributed by atoms with Crippen LogP contribution in [0.1, 0.15) is 12.5 Å². The molecular formula is C18H19N5O3. The maximum atomic E-state index is 12.0. The van der Waals surface area contributed by atoms with Crippen molar-refractivity contribution in [2.24, 2.45) is 5.10 Å². The van der Waals surface area contributed by atoms with Gasteiger partial charge >= 0.3 is 0 Å². The topological polar surface area (TPSA) is 90.6 Å². The number of para-hydroxylation sites is 1. The normalized spacial score (nSPS) is 11.0. The summed E-state index contributed by atoms with van der Waals surface area (Å²) in [6, 6.07) is 12.9. The highest BCUT2D eigenvalue weighted by Gasteiger charge is 2.08. The van der Waals surface area contributed by atoms with Crippen molar-refractivity contribution >= 4 is 23.2 Å². The zero-order valence-corrected chi connectivity index (χ0v) is 14.5. The molecule has 0 saturated heterocycles. The lowest BCUT2D eigenvalue weighted by atomic mass is 10.2. The standard InChI is InChI=1S/C18H19N5O3/c1-3-26-16-9-8-13(10-17(16)25-2)11-19-21-18(24)12-23-15-7-5-4-6-14(15)20-22-23/h4-11H,3,12H2,1-2H3,(H,21,24)/b19-11+. The van der Waals surface area contributed by atoms with Crippen LogP contribution in [0.25, 0.3) is 11.0 Å². The molecule has 3 aromatic rings. The van der Waals surface area contributed by atoms with Crippen LogP contribution >= 0.6 is 0 Å². The number of methoxy groups -OCH3 is 1. The van der Waals surface area contributed by atoms with Gasteiger partial charge in [0.1, 0.15) is 12.1 Å². The lowest BCUT2D eigenvalue weighted by Crippen LogP contribution is -2.23. The second kappa shape index (κ2) is 8.11. The number of benzene rings is 2. The van der Waals surface area contributed by atoms with Crippen LogP contribution in [0.3, 0.4) is 0 Å². The third kappa shape index (κ3) is 3.97. The number of ether oxygens (including phenoxy) is 2. The smallest absolute Gasteiger partial charge is 0.261 e. The number of hydrogen-bond donors (Lipinski definition) is 1. The Kier molecular flexibility index (Phi) is 5.43. The quantitative estimate of drug-likeness (QED) is 0.518. The molecule has 0 radical (unpaired) electrons. The van der Waals surface area contributed by atoms with Crippen molar-refractivity contribution in [3.63, 3.8) is 0 Å². The molecule has 0 spiro atoms. The van der Waals surface area contributed by atoms with Crippen LogP contribution in [0.5, 0.6) is 11.5 Å². The number of rotatable bonds is 7. The second-order valence-corrected chi connectivity index (χ2v) is 5.37. The van der Waals surface area contributed by atoms with Gasteiger partial charge in [-0.3, -0.25) is 4.79 Å². The molecule has 1 aromatic heterocycles. The fraction of sp³-hybridized carbons (Fsp3) is 0.222. The van der Waals surface area contributed by atoms with E-state index in [9.17, 15) is 4.79 Å². The first-order valence-electron chi connectivity index (χ1n) is 8.12. The van der Waals surface area contributed by atoms with E-state index in [0.29, 0.717) is 18.1 Å². The summed E-state index contributed by atoms with van der Waals surface area (Å²) < 4.78 is 12.3. The monoisotopic (exact) mass is 353 g/mol. The third-order valence-electron chi connectivity index (χ3n) is 3.60. The van der Waals surface area contributed by atoms with Gasteiger partial charge in [-0.2, -0.15) is 5.10 Å². The van der Waals surface area contributed by atoms with E-state index in [2.05, 4.69) is 20.8 Å². The van der Waals surface area contributed by atoms with Crippen molar-refractivity contribution in [1.82, 2.24) is 20.4 Å². The fourth-order valence-electron chi connectivity index (χ4n) is 2.42. The van der Waals surface area contributed by atoms with E-state index < -0.39 is 0 Å². The molecule has 0 aliphatic rings. The first kappa shape index (κ1) is 17.4. The van der Waals surface area contributed by atoms with Gasteiger partial charge in [0.05, 0.1) is 25.4 Å². The van der Waals surface area contributed by atoms with Crippen LogP contribution in [-0.2, 0) is 11.3 Å². The molecule has 2 aromatic carbocycles. The summed E-state index contributed by atoms with van der Waals surface area (Å²) in [6.45, 7) is 2.49. The molecule has 134 valence electrons. The number of hydrogen-bond acceptors (Lipinski definition) is 6. The Balaban J connectivity index is 1.62. The maximum absolute atomic E-state index is 12.0. The van der Waals surface area contributed by atoms with Crippen molar-refractivity contribution in [1.29, 1.82) is 0 Å². The molecule has 0 saturated carbocycles. The van der Waals surface area contributed by atoms with Gasteiger partial charge in [-0.15, -0.1) is 5.10 Å². The molecule has 0 aliphatic carbocycles. The number of carbonyl (C=O) groups is 1. The zero-order valence-electron chi connectivity index (χ0n) is 14.5. The predicted octanol–water partition coefficient (Wildman–Crippen LogP) is 1.99. The molecule has 0 aliphatic heterocycles. The summed E-state index contributed by atoms with van der Waals surface area (Å²) in [5.74, 6) is 0.972. The average Bonchev–Trinajstić information content (AvgIpc) is 3.06. The largest absolute Gasteiger partial charge is 0.493 e. The molecule has 0 atom stereocenters.